The van der Waals surface area contributed by atoms with Gasteiger partial charge in [0.2, 0.25) is 5.88 Å². The lowest BCUT2D eigenvalue weighted by molar-refractivity contribution is 0.152. The Balaban J connectivity index is 1.80. The summed E-state index contributed by atoms with van der Waals surface area (Å²) in [4.78, 5) is 21.3. The van der Waals surface area contributed by atoms with Crippen LogP contribution in [0.4, 0.5) is 9.18 Å². The highest BCUT2D eigenvalue weighted by Crippen LogP contribution is 2.29. The fraction of sp³-hybridized carbons (Fsp3) is 0.500. The number of halogens is 1. The van der Waals surface area contributed by atoms with Crippen LogP contribution in [0, 0.1) is 5.82 Å². The average molecular weight is 378 g/mol. The zero-order valence-electron chi connectivity index (χ0n) is 15.1. The molecule has 1 amide bonds. The van der Waals surface area contributed by atoms with Gasteiger partial charge in [-0.1, -0.05) is 0 Å². The second-order valence-electron chi connectivity index (χ2n) is 6.65. The molecule has 1 fully saturated rings. The number of nitrogens with one attached hydrogen (secondary N) is 1. The van der Waals surface area contributed by atoms with E-state index in [0.717, 1.165) is 6.20 Å². The summed E-state index contributed by atoms with van der Waals surface area (Å²) in [7, 11) is 1.49. The first kappa shape index (κ1) is 19.2. The van der Waals surface area contributed by atoms with Gasteiger partial charge in [-0.15, -0.1) is 0 Å². The molecule has 146 valence electrons. The Morgan fingerprint density at radius 3 is 2.81 bits per heavy atom. The van der Waals surface area contributed by atoms with Gasteiger partial charge < -0.3 is 25.2 Å². The first-order chi connectivity index (χ1) is 13.0. The molecule has 0 bridgehead atoms. The molecule has 1 aliphatic rings. The van der Waals surface area contributed by atoms with E-state index in [9.17, 15) is 14.3 Å². The summed E-state index contributed by atoms with van der Waals surface area (Å²) in [6, 6.07) is 3.29. The van der Waals surface area contributed by atoms with Crippen LogP contribution in [-0.4, -0.2) is 70.6 Å². The van der Waals surface area contributed by atoms with E-state index in [-0.39, 0.29) is 12.6 Å². The van der Waals surface area contributed by atoms with E-state index in [1.54, 1.807) is 12.1 Å². The van der Waals surface area contributed by atoms with E-state index in [1.807, 2.05) is 0 Å². The van der Waals surface area contributed by atoms with E-state index in [0.29, 0.717) is 55.0 Å². The van der Waals surface area contributed by atoms with Crippen molar-refractivity contribution < 1.29 is 24.1 Å². The average Bonchev–Trinajstić information content (AvgIpc) is 2.67. The van der Waals surface area contributed by atoms with Gasteiger partial charge >= 0.3 is 6.09 Å². The number of aliphatic hydroxyl groups excluding tert-OH is 1. The van der Waals surface area contributed by atoms with Crippen LogP contribution in [0.3, 0.4) is 0 Å². The standard InChI is InChI=1S/C18H23FN4O4/c1-27-15-3-2-14-17(22-15)16(13(19)8-20-14)11(10-24)9-23-6-4-12(5-7-23)21-18(25)26/h2-3,8,11-12,21,24H,4-7,9-10H2,1H3,(H,25,26). The Bertz CT molecular complexity index is 811. The molecule has 3 heterocycles. The van der Waals surface area contributed by atoms with Crippen molar-refractivity contribution in [3.8, 4) is 5.88 Å². The van der Waals surface area contributed by atoms with E-state index in [4.69, 9.17) is 9.84 Å². The van der Waals surface area contributed by atoms with Crippen molar-refractivity contribution in [2.45, 2.75) is 24.8 Å². The topological polar surface area (TPSA) is 108 Å². The van der Waals surface area contributed by atoms with E-state index in [1.165, 1.54) is 7.11 Å². The molecular weight excluding hydrogens is 355 g/mol. The maximum atomic E-state index is 14.6. The van der Waals surface area contributed by atoms with Crippen LogP contribution in [0.1, 0.15) is 24.3 Å². The van der Waals surface area contributed by atoms with Crippen molar-refractivity contribution in [3.05, 3.63) is 29.7 Å². The molecule has 0 spiro atoms. The zero-order valence-corrected chi connectivity index (χ0v) is 15.1. The molecule has 2 aromatic rings. The summed E-state index contributed by atoms with van der Waals surface area (Å²) >= 11 is 0. The molecule has 1 saturated heterocycles. The largest absolute Gasteiger partial charge is 0.481 e. The van der Waals surface area contributed by atoms with Gasteiger partial charge in [0.1, 0.15) is 5.82 Å². The maximum absolute atomic E-state index is 14.6. The minimum Gasteiger partial charge on any atom is -0.481 e. The van der Waals surface area contributed by atoms with E-state index >= 15 is 0 Å². The summed E-state index contributed by atoms with van der Waals surface area (Å²) in [5.74, 6) is -0.628. The van der Waals surface area contributed by atoms with Crippen molar-refractivity contribution in [1.82, 2.24) is 20.2 Å². The summed E-state index contributed by atoms with van der Waals surface area (Å²) < 4.78 is 19.7. The lowest BCUT2D eigenvalue weighted by atomic mass is 9.96. The van der Waals surface area contributed by atoms with Gasteiger partial charge in [-0.05, 0) is 18.9 Å². The monoisotopic (exact) mass is 378 g/mol. The number of aliphatic hydroxyl groups is 1. The third-order valence-electron chi connectivity index (χ3n) is 4.91. The van der Waals surface area contributed by atoms with Crippen LogP contribution >= 0.6 is 0 Å². The number of methoxy groups -OCH3 is 1. The molecule has 1 atom stereocenters. The van der Waals surface area contributed by atoms with E-state index < -0.39 is 17.8 Å². The number of carbonyl (C=O) groups is 1. The Kier molecular flexibility index (Phi) is 6.02. The fourth-order valence-electron chi connectivity index (χ4n) is 3.53. The third kappa shape index (κ3) is 4.42. The SMILES string of the molecule is COc1ccc2ncc(F)c(C(CO)CN3CCC(NC(=O)O)CC3)c2n1. The molecule has 2 aromatic heterocycles. The molecule has 0 radical (unpaired) electrons. The number of fused-ring (bicyclic) bond motifs is 1. The molecule has 27 heavy (non-hydrogen) atoms. The number of rotatable bonds is 6. The molecule has 0 aliphatic carbocycles. The number of nitrogens with zero attached hydrogens (tertiary/aromatic N) is 3. The summed E-state index contributed by atoms with van der Waals surface area (Å²) in [6.45, 7) is 1.55. The van der Waals surface area contributed by atoms with E-state index in [2.05, 4.69) is 20.2 Å². The number of aromatic nitrogens is 2. The molecule has 3 rings (SSSR count). The number of ether oxygens (including phenoxy) is 1. The Morgan fingerprint density at radius 1 is 1.44 bits per heavy atom. The number of piperidine rings is 1. The Hall–Kier alpha value is -2.52. The number of likely N-dealkylation sites (tertiary alicyclic amines) is 1. The highest BCUT2D eigenvalue weighted by molar-refractivity contribution is 5.79. The van der Waals surface area contributed by atoms with Gasteiger partial charge in [0.15, 0.2) is 0 Å². The van der Waals surface area contributed by atoms with Gasteiger partial charge in [0.25, 0.3) is 0 Å². The second-order valence-corrected chi connectivity index (χ2v) is 6.65. The van der Waals surface area contributed by atoms with Crippen LogP contribution in [0.15, 0.2) is 18.3 Å². The Morgan fingerprint density at radius 2 is 2.19 bits per heavy atom. The molecule has 0 aromatic carbocycles. The van der Waals surface area contributed by atoms with Gasteiger partial charge in [-0.2, -0.15) is 0 Å². The molecule has 3 N–H and O–H groups in total. The van der Waals surface area contributed by atoms with Crippen LogP contribution < -0.4 is 10.1 Å². The molecule has 9 heteroatoms. The van der Waals surface area contributed by atoms with Crippen molar-refractivity contribution in [2.24, 2.45) is 0 Å². The first-order valence-electron chi connectivity index (χ1n) is 8.83. The lowest BCUT2D eigenvalue weighted by Gasteiger charge is -2.34. The molecule has 1 aliphatic heterocycles. The zero-order chi connectivity index (χ0) is 19.4. The number of pyridine rings is 2. The normalized spacial score (nSPS) is 17.0. The van der Waals surface area contributed by atoms with Crippen molar-refractivity contribution in [3.63, 3.8) is 0 Å². The van der Waals surface area contributed by atoms with Crippen LogP contribution in [-0.2, 0) is 0 Å². The van der Waals surface area contributed by atoms with Crippen LogP contribution in [0.5, 0.6) is 5.88 Å². The smallest absolute Gasteiger partial charge is 0.404 e. The summed E-state index contributed by atoms with van der Waals surface area (Å²) in [5.41, 5.74) is 1.25. The number of carboxylic acid groups (broad SMARTS) is 1. The van der Waals surface area contributed by atoms with Gasteiger partial charge in [0.05, 0.1) is 30.9 Å². The summed E-state index contributed by atoms with van der Waals surface area (Å²) in [6.07, 6.45) is 1.48. The number of amides is 1. The summed E-state index contributed by atoms with van der Waals surface area (Å²) in [5, 5.41) is 21.2. The van der Waals surface area contributed by atoms with Crippen LogP contribution in [0.25, 0.3) is 11.0 Å². The second kappa shape index (κ2) is 8.45. The van der Waals surface area contributed by atoms with Crippen molar-refractivity contribution >= 4 is 17.1 Å². The minimum atomic E-state index is -1.02. The predicted molar refractivity (Wildman–Crippen MR) is 96.5 cm³/mol. The molecular formula is C18H23FN4O4. The number of hydrogen-bond donors (Lipinski definition) is 3. The van der Waals surface area contributed by atoms with Gasteiger partial charge in [-0.25, -0.2) is 14.2 Å². The molecule has 8 nitrogen and oxygen atoms in total. The predicted octanol–water partition coefficient (Wildman–Crippen LogP) is 1.59. The maximum Gasteiger partial charge on any atom is 0.404 e. The lowest BCUT2D eigenvalue weighted by Crippen LogP contribution is -2.45. The Labute approximate surface area is 156 Å². The quantitative estimate of drug-likeness (QED) is 0.700. The highest BCUT2D eigenvalue weighted by atomic mass is 19.1. The minimum absolute atomic E-state index is 0.0734. The van der Waals surface area contributed by atoms with Gasteiger partial charge in [0, 0.05) is 43.2 Å². The molecule has 0 saturated carbocycles. The number of hydrogen-bond acceptors (Lipinski definition) is 6. The highest BCUT2D eigenvalue weighted by Gasteiger charge is 2.26. The fourth-order valence-corrected chi connectivity index (χ4v) is 3.53. The molecule has 1 unspecified atom stereocenters. The third-order valence-corrected chi connectivity index (χ3v) is 4.91. The van der Waals surface area contributed by atoms with Crippen LogP contribution in [0.2, 0.25) is 0 Å². The van der Waals surface area contributed by atoms with Crippen molar-refractivity contribution in [2.75, 3.05) is 33.4 Å². The van der Waals surface area contributed by atoms with Gasteiger partial charge in [-0.3, -0.25) is 4.98 Å². The van der Waals surface area contributed by atoms with Crippen molar-refractivity contribution in [1.29, 1.82) is 0 Å². The first-order valence-corrected chi connectivity index (χ1v) is 8.83.